The van der Waals surface area contributed by atoms with Gasteiger partial charge >= 0.3 is 12.2 Å². The van der Waals surface area contributed by atoms with Crippen molar-refractivity contribution in [3.8, 4) is 0 Å². The number of rotatable bonds is 2. The fourth-order valence-electron chi connectivity index (χ4n) is 1.46. The van der Waals surface area contributed by atoms with Gasteiger partial charge in [0.15, 0.2) is 0 Å². The Morgan fingerprint density at radius 1 is 1.44 bits per heavy atom. The molecule has 92 valence electrons. The van der Waals surface area contributed by atoms with E-state index in [-0.39, 0.29) is 11.4 Å². The summed E-state index contributed by atoms with van der Waals surface area (Å²) >= 11 is 0. The fraction of sp³-hybridized carbons (Fsp3) is 0.778. The number of halogens is 3. The van der Waals surface area contributed by atoms with E-state index in [0.717, 1.165) is 0 Å². The summed E-state index contributed by atoms with van der Waals surface area (Å²) in [5.74, 6) is -0.768. The van der Waals surface area contributed by atoms with E-state index >= 15 is 0 Å². The van der Waals surface area contributed by atoms with Crippen LogP contribution in [0.4, 0.5) is 18.0 Å². The van der Waals surface area contributed by atoms with Crippen molar-refractivity contribution in [2.75, 3.05) is 13.1 Å². The Bertz CT molecular complexity index is 316. The molecule has 0 bridgehead atoms. The lowest BCUT2D eigenvalue weighted by atomic mass is 9.84. The Labute approximate surface area is 90.8 Å². The van der Waals surface area contributed by atoms with E-state index in [0.29, 0.717) is 6.42 Å². The zero-order valence-electron chi connectivity index (χ0n) is 9.02. The predicted octanol–water partition coefficient (Wildman–Crippen LogP) is 1.52. The lowest BCUT2D eigenvalue weighted by Gasteiger charge is -2.38. The number of carbonyl (C=O) groups is 2. The van der Waals surface area contributed by atoms with Crippen molar-refractivity contribution in [2.24, 2.45) is 5.41 Å². The monoisotopic (exact) mass is 238 g/mol. The number of hydrogen-bond acceptors (Lipinski definition) is 2. The number of urea groups is 1. The van der Waals surface area contributed by atoms with Gasteiger partial charge in [0.25, 0.3) is 0 Å². The van der Waals surface area contributed by atoms with E-state index in [4.69, 9.17) is 0 Å². The molecule has 4 nitrogen and oxygen atoms in total. The van der Waals surface area contributed by atoms with Gasteiger partial charge in [0.1, 0.15) is 6.54 Å². The molecule has 0 spiro atoms. The molecule has 16 heavy (non-hydrogen) atoms. The first-order valence-electron chi connectivity index (χ1n) is 4.86. The van der Waals surface area contributed by atoms with Crippen LogP contribution in [0.1, 0.15) is 20.3 Å². The van der Waals surface area contributed by atoms with Crippen molar-refractivity contribution in [1.29, 1.82) is 0 Å². The number of alkyl halides is 3. The van der Waals surface area contributed by atoms with Gasteiger partial charge in [-0.1, -0.05) is 6.92 Å². The fourth-order valence-corrected chi connectivity index (χ4v) is 1.46. The second kappa shape index (κ2) is 3.95. The summed E-state index contributed by atoms with van der Waals surface area (Å²) in [5, 5.41) is 2.29. The largest absolute Gasteiger partial charge is 0.406 e. The van der Waals surface area contributed by atoms with Crippen LogP contribution in [0, 0.1) is 5.41 Å². The molecule has 1 aliphatic rings. The van der Waals surface area contributed by atoms with Crippen molar-refractivity contribution in [3.63, 3.8) is 0 Å². The standard InChI is InChI=1S/C9H13F3N2O2/c1-3-8(2)4-13-7(16)14(6(8)15)5-9(10,11)12/h3-5H2,1-2H3,(H,13,16). The van der Waals surface area contributed by atoms with Gasteiger partial charge in [-0.05, 0) is 13.3 Å². The van der Waals surface area contributed by atoms with E-state index in [9.17, 15) is 22.8 Å². The second-order valence-electron chi connectivity index (χ2n) is 4.08. The topological polar surface area (TPSA) is 49.4 Å². The Hall–Kier alpha value is -1.27. The summed E-state index contributed by atoms with van der Waals surface area (Å²) in [6.07, 6.45) is -4.19. The SMILES string of the molecule is CCC1(C)CNC(=O)N(CC(F)(F)F)C1=O. The molecule has 1 fully saturated rings. The van der Waals surface area contributed by atoms with Crippen molar-refractivity contribution in [2.45, 2.75) is 26.4 Å². The molecular weight excluding hydrogens is 225 g/mol. The van der Waals surface area contributed by atoms with Crippen LogP contribution in [0.2, 0.25) is 0 Å². The smallest absolute Gasteiger partial charge is 0.337 e. The van der Waals surface area contributed by atoms with Gasteiger partial charge in [-0.3, -0.25) is 9.69 Å². The summed E-state index contributed by atoms with van der Waals surface area (Å²) < 4.78 is 36.5. The number of nitrogens with zero attached hydrogens (tertiary/aromatic N) is 1. The third-order valence-electron chi connectivity index (χ3n) is 2.75. The zero-order valence-corrected chi connectivity index (χ0v) is 9.02. The average molecular weight is 238 g/mol. The summed E-state index contributed by atoms with van der Waals surface area (Å²) in [5.41, 5.74) is -0.945. The van der Waals surface area contributed by atoms with Gasteiger partial charge in [-0.2, -0.15) is 13.2 Å². The number of carbonyl (C=O) groups excluding carboxylic acids is 2. The molecule has 1 rings (SSSR count). The van der Waals surface area contributed by atoms with Gasteiger partial charge in [0, 0.05) is 6.54 Å². The lowest BCUT2D eigenvalue weighted by molar-refractivity contribution is -0.163. The van der Waals surface area contributed by atoms with Crippen molar-refractivity contribution in [1.82, 2.24) is 10.2 Å². The molecule has 1 heterocycles. The molecule has 0 aromatic heterocycles. The van der Waals surface area contributed by atoms with Crippen molar-refractivity contribution in [3.05, 3.63) is 0 Å². The quantitative estimate of drug-likeness (QED) is 0.792. The number of imide groups is 1. The van der Waals surface area contributed by atoms with Gasteiger partial charge in [0.05, 0.1) is 5.41 Å². The van der Waals surface area contributed by atoms with E-state index in [1.807, 2.05) is 0 Å². The van der Waals surface area contributed by atoms with Gasteiger partial charge < -0.3 is 5.32 Å². The van der Waals surface area contributed by atoms with Crippen molar-refractivity contribution >= 4 is 11.9 Å². The first-order valence-corrected chi connectivity index (χ1v) is 4.86. The highest BCUT2D eigenvalue weighted by Gasteiger charge is 2.46. The predicted molar refractivity (Wildman–Crippen MR) is 49.6 cm³/mol. The Morgan fingerprint density at radius 2 is 2.00 bits per heavy atom. The minimum absolute atomic E-state index is 0.0789. The van der Waals surface area contributed by atoms with E-state index in [1.54, 1.807) is 6.92 Å². The van der Waals surface area contributed by atoms with E-state index in [2.05, 4.69) is 5.32 Å². The average Bonchev–Trinajstić information content (AvgIpc) is 2.18. The maximum Gasteiger partial charge on any atom is 0.406 e. The van der Waals surface area contributed by atoms with E-state index < -0.39 is 30.1 Å². The third kappa shape index (κ3) is 2.45. The summed E-state index contributed by atoms with van der Waals surface area (Å²) in [7, 11) is 0. The Kier molecular flexibility index (Phi) is 3.16. The maximum absolute atomic E-state index is 12.2. The second-order valence-corrected chi connectivity index (χ2v) is 4.08. The molecule has 1 saturated heterocycles. The normalized spacial score (nSPS) is 26.9. The summed E-state index contributed by atoms with van der Waals surface area (Å²) in [4.78, 5) is 23.1. The van der Waals surface area contributed by atoms with Crippen LogP contribution in [-0.4, -0.2) is 36.1 Å². The van der Waals surface area contributed by atoms with Crippen LogP contribution >= 0.6 is 0 Å². The molecule has 0 aromatic carbocycles. The highest BCUT2D eigenvalue weighted by molar-refractivity contribution is 5.99. The first-order chi connectivity index (χ1) is 7.19. The molecule has 0 aromatic rings. The molecule has 1 aliphatic heterocycles. The molecule has 3 amide bonds. The summed E-state index contributed by atoms with van der Waals surface area (Å²) in [6.45, 7) is 1.78. The Morgan fingerprint density at radius 3 is 2.44 bits per heavy atom. The van der Waals surface area contributed by atoms with Crippen molar-refractivity contribution < 1.29 is 22.8 Å². The molecule has 7 heteroatoms. The third-order valence-corrected chi connectivity index (χ3v) is 2.75. The molecule has 1 N–H and O–H groups in total. The van der Waals surface area contributed by atoms with Crippen LogP contribution in [0.5, 0.6) is 0 Å². The van der Waals surface area contributed by atoms with Gasteiger partial charge in [-0.15, -0.1) is 0 Å². The van der Waals surface area contributed by atoms with E-state index in [1.165, 1.54) is 6.92 Å². The Balaban J connectivity index is 2.89. The molecule has 1 atom stereocenters. The van der Waals surface area contributed by atoms with Crippen LogP contribution in [0.3, 0.4) is 0 Å². The van der Waals surface area contributed by atoms with Gasteiger partial charge in [0.2, 0.25) is 5.91 Å². The van der Waals surface area contributed by atoms with Crippen LogP contribution in [0.15, 0.2) is 0 Å². The van der Waals surface area contributed by atoms with Crippen LogP contribution in [-0.2, 0) is 4.79 Å². The number of amides is 3. The molecule has 0 saturated carbocycles. The highest BCUT2D eigenvalue weighted by Crippen LogP contribution is 2.28. The maximum atomic E-state index is 12.2. The molecule has 1 unspecified atom stereocenters. The zero-order chi connectivity index (χ0) is 12.6. The first kappa shape index (κ1) is 12.8. The van der Waals surface area contributed by atoms with Gasteiger partial charge in [-0.25, -0.2) is 4.79 Å². The van der Waals surface area contributed by atoms with Crippen LogP contribution in [0.25, 0.3) is 0 Å². The number of hydrogen-bond donors (Lipinski definition) is 1. The summed E-state index contributed by atoms with van der Waals surface area (Å²) in [6, 6.07) is -0.978. The molecule has 0 aliphatic carbocycles. The minimum atomic E-state index is -4.57. The molecule has 0 radical (unpaired) electrons. The van der Waals surface area contributed by atoms with Crippen LogP contribution < -0.4 is 5.32 Å². The minimum Gasteiger partial charge on any atom is -0.337 e. The molecular formula is C9H13F3N2O2. The number of nitrogens with one attached hydrogen (secondary N) is 1. The lowest BCUT2D eigenvalue weighted by Crippen LogP contribution is -2.61. The highest BCUT2D eigenvalue weighted by atomic mass is 19.4.